The third-order valence-electron chi connectivity index (χ3n) is 4.68. The van der Waals surface area contributed by atoms with Gasteiger partial charge >= 0.3 is 0 Å². The quantitative estimate of drug-likeness (QED) is 0.823. The van der Waals surface area contributed by atoms with Gasteiger partial charge in [-0.05, 0) is 40.3 Å². The third-order valence-corrected chi connectivity index (χ3v) is 4.68. The van der Waals surface area contributed by atoms with Crippen molar-refractivity contribution in [2.45, 2.75) is 63.7 Å². The zero-order valence-electron chi connectivity index (χ0n) is 12.2. The predicted octanol–water partition coefficient (Wildman–Crippen LogP) is 1.42. The minimum absolute atomic E-state index is 0.216. The first-order valence-corrected chi connectivity index (χ1v) is 7.25. The SMILES string of the molecule is CCC1NC2(CCCC2)C(=O)N1CC(C)N(C)C. The zero-order chi connectivity index (χ0) is 13.3. The van der Waals surface area contributed by atoms with E-state index in [1.165, 1.54) is 12.8 Å². The number of carbonyl (C=O) groups is 1. The van der Waals surface area contributed by atoms with Gasteiger partial charge in [0.05, 0.1) is 11.7 Å². The van der Waals surface area contributed by atoms with Crippen molar-refractivity contribution in [3.05, 3.63) is 0 Å². The molecule has 2 unspecified atom stereocenters. The summed E-state index contributed by atoms with van der Waals surface area (Å²) < 4.78 is 0. The molecular weight excluding hydrogens is 226 g/mol. The van der Waals surface area contributed by atoms with Crippen molar-refractivity contribution in [2.75, 3.05) is 20.6 Å². The van der Waals surface area contributed by atoms with E-state index in [4.69, 9.17) is 0 Å². The minimum Gasteiger partial charge on any atom is -0.324 e. The molecule has 1 amide bonds. The van der Waals surface area contributed by atoms with Crippen LogP contribution in [-0.4, -0.2) is 54.1 Å². The van der Waals surface area contributed by atoms with Crippen LogP contribution in [0.15, 0.2) is 0 Å². The van der Waals surface area contributed by atoms with Gasteiger partial charge in [-0.15, -0.1) is 0 Å². The largest absolute Gasteiger partial charge is 0.324 e. The molecule has 4 nitrogen and oxygen atoms in total. The van der Waals surface area contributed by atoms with Crippen LogP contribution in [0, 0.1) is 0 Å². The van der Waals surface area contributed by atoms with E-state index >= 15 is 0 Å². The molecule has 1 spiro atoms. The van der Waals surface area contributed by atoms with E-state index in [0.717, 1.165) is 25.8 Å². The minimum atomic E-state index is -0.216. The Kier molecular flexibility index (Phi) is 3.97. The summed E-state index contributed by atoms with van der Waals surface area (Å²) in [7, 11) is 4.15. The maximum absolute atomic E-state index is 12.7. The molecule has 1 N–H and O–H groups in total. The molecule has 0 bridgehead atoms. The third kappa shape index (κ3) is 2.28. The van der Waals surface area contributed by atoms with Gasteiger partial charge in [0.15, 0.2) is 0 Å². The standard InChI is InChI=1S/C14H27N3O/c1-5-12-15-14(8-6-7-9-14)13(18)17(12)10-11(2)16(3)4/h11-12,15H,5-10H2,1-4H3. The van der Waals surface area contributed by atoms with Gasteiger partial charge in [0.25, 0.3) is 0 Å². The van der Waals surface area contributed by atoms with Crippen LogP contribution in [0.3, 0.4) is 0 Å². The van der Waals surface area contributed by atoms with E-state index in [1.807, 2.05) is 0 Å². The van der Waals surface area contributed by atoms with Crippen LogP contribution in [0.25, 0.3) is 0 Å². The Labute approximate surface area is 111 Å². The Hall–Kier alpha value is -0.610. The second-order valence-electron chi connectivity index (χ2n) is 6.13. The number of amides is 1. The monoisotopic (exact) mass is 253 g/mol. The van der Waals surface area contributed by atoms with E-state index < -0.39 is 0 Å². The Morgan fingerprint density at radius 1 is 1.44 bits per heavy atom. The maximum Gasteiger partial charge on any atom is 0.244 e. The molecule has 2 fully saturated rings. The molecule has 0 aromatic rings. The summed E-state index contributed by atoms with van der Waals surface area (Å²) >= 11 is 0. The highest BCUT2D eigenvalue weighted by Gasteiger charge is 2.51. The Balaban J connectivity index is 2.10. The van der Waals surface area contributed by atoms with Crippen molar-refractivity contribution in [3.8, 4) is 0 Å². The first-order chi connectivity index (χ1) is 8.50. The number of carbonyl (C=O) groups excluding carboxylic acids is 1. The Bertz CT molecular complexity index is 310. The van der Waals surface area contributed by atoms with Crippen molar-refractivity contribution in [1.29, 1.82) is 0 Å². The molecule has 1 aliphatic carbocycles. The first-order valence-electron chi connectivity index (χ1n) is 7.25. The van der Waals surface area contributed by atoms with E-state index in [2.05, 4.69) is 43.1 Å². The van der Waals surface area contributed by atoms with Crippen molar-refractivity contribution in [2.24, 2.45) is 0 Å². The number of nitrogens with zero attached hydrogens (tertiary/aromatic N) is 2. The summed E-state index contributed by atoms with van der Waals surface area (Å²) in [5.41, 5.74) is -0.216. The number of nitrogens with one attached hydrogen (secondary N) is 1. The molecule has 2 aliphatic rings. The Morgan fingerprint density at radius 2 is 2.06 bits per heavy atom. The topological polar surface area (TPSA) is 35.6 Å². The molecule has 0 radical (unpaired) electrons. The van der Waals surface area contributed by atoms with Gasteiger partial charge in [0, 0.05) is 12.6 Å². The second-order valence-corrected chi connectivity index (χ2v) is 6.13. The molecule has 1 aliphatic heterocycles. The molecule has 1 saturated heterocycles. The van der Waals surface area contributed by atoms with E-state index in [9.17, 15) is 4.79 Å². The molecule has 1 saturated carbocycles. The average Bonchev–Trinajstić information content (AvgIpc) is 2.90. The lowest BCUT2D eigenvalue weighted by Gasteiger charge is -2.29. The molecule has 0 aromatic carbocycles. The van der Waals surface area contributed by atoms with Crippen molar-refractivity contribution in [3.63, 3.8) is 0 Å². The van der Waals surface area contributed by atoms with E-state index in [1.54, 1.807) is 0 Å². The van der Waals surface area contributed by atoms with Crippen LogP contribution in [-0.2, 0) is 4.79 Å². The van der Waals surface area contributed by atoms with Gasteiger partial charge in [0.1, 0.15) is 0 Å². The van der Waals surface area contributed by atoms with Gasteiger partial charge in [-0.1, -0.05) is 19.8 Å². The Morgan fingerprint density at radius 3 is 2.56 bits per heavy atom. The average molecular weight is 253 g/mol. The smallest absolute Gasteiger partial charge is 0.244 e. The van der Waals surface area contributed by atoms with Crippen LogP contribution in [0.5, 0.6) is 0 Å². The summed E-state index contributed by atoms with van der Waals surface area (Å²) in [6.07, 6.45) is 5.65. The lowest BCUT2D eigenvalue weighted by atomic mass is 9.98. The van der Waals surface area contributed by atoms with E-state index in [-0.39, 0.29) is 11.7 Å². The van der Waals surface area contributed by atoms with Gasteiger partial charge < -0.3 is 9.80 Å². The van der Waals surface area contributed by atoms with E-state index in [0.29, 0.717) is 11.9 Å². The lowest BCUT2D eigenvalue weighted by molar-refractivity contribution is -0.133. The highest BCUT2D eigenvalue weighted by Crippen LogP contribution is 2.37. The molecule has 1 heterocycles. The molecule has 2 rings (SSSR count). The van der Waals surface area contributed by atoms with Crippen LogP contribution >= 0.6 is 0 Å². The van der Waals surface area contributed by atoms with Gasteiger partial charge in [-0.3, -0.25) is 10.1 Å². The fraction of sp³-hybridized carbons (Fsp3) is 0.929. The molecule has 0 aromatic heterocycles. The normalized spacial score (nSPS) is 28.6. The van der Waals surface area contributed by atoms with Crippen molar-refractivity contribution in [1.82, 2.24) is 15.1 Å². The number of hydrogen-bond acceptors (Lipinski definition) is 3. The second kappa shape index (κ2) is 5.17. The van der Waals surface area contributed by atoms with Gasteiger partial charge in [-0.25, -0.2) is 0 Å². The van der Waals surface area contributed by atoms with Crippen LogP contribution < -0.4 is 5.32 Å². The zero-order valence-corrected chi connectivity index (χ0v) is 12.2. The summed E-state index contributed by atoms with van der Waals surface area (Å²) in [6.45, 7) is 5.17. The number of likely N-dealkylation sites (N-methyl/N-ethyl adjacent to an activating group) is 1. The molecule has 104 valence electrons. The lowest BCUT2D eigenvalue weighted by Crippen LogP contribution is -2.45. The highest BCUT2D eigenvalue weighted by atomic mass is 16.2. The predicted molar refractivity (Wildman–Crippen MR) is 73.3 cm³/mol. The highest BCUT2D eigenvalue weighted by molar-refractivity contribution is 5.89. The summed E-state index contributed by atoms with van der Waals surface area (Å²) in [4.78, 5) is 17.0. The summed E-state index contributed by atoms with van der Waals surface area (Å²) in [5, 5.41) is 3.62. The summed E-state index contributed by atoms with van der Waals surface area (Å²) in [5.74, 6) is 0.348. The molecule has 4 heteroatoms. The van der Waals surface area contributed by atoms with Crippen LogP contribution in [0.2, 0.25) is 0 Å². The number of rotatable bonds is 4. The van der Waals surface area contributed by atoms with Crippen LogP contribution in [0.1, 0.15) is 46.0 Å². The van der Waals surface area contributed by atoms with Gasteiger partial charge in [-0.2, -0.15) is 0 Å². The van der Waals surface area contributed by atoms with Crippen molar-refractivity contribution < 1.29 is 4.79 Å². The molecular formula is C14H27N3O. The number of hydrogen-bond donors (Lipinski definition) is 1. The maximum atomic E-state index is 12.7. The molecule has 18 heavy (non-hydrogen) atoms. The fourth-order valence-corrected chi connectivity index (χ4v) is 3.19. The van der Waals surface area contributed by atoms with Gasteiger partial charge in [0.2, 0.25) is 5.91 Å². The van der Waals surface area contributed by atoms with Crippen LogP contribution in [0.4, 0.5) is 0 Å². The van der Waals surface area contributed by atoms with Crippen molar-refractivity contribution >= 4 is 5.91 Å². The fourth-order valence-electron chi connectivity index (χ4n) is 3.19. The summed E-state index contributed by atoms with van der Waals surface area (Å²) in [6, 6.07) is 0.404. The first kappa shape index (κ1) is 13.8. The molecule has 2 atom stereocenters.